The maximum Gasteiger partial charge on any atom is 0.160 e. The number of ether oxygens (including phenoxy) is 2. The molecule has 0 aliphatic heterocycles. The average molecular weight is 417 g/mol. The monoisotopic (exact) mass is 417 g/mol. The number of fused-ring (bicyclic) bond motifs is 1. The molecule has 2 N–H and O–H groups in total. The fourth-order valence-corrected chi connectivity index (χ4v) is 3.94. The second-order valence-corrected chi connectivity index (χ2v) is 7.03. The van der Waals surface area contributed by atoms with Gasteiger partial charge in [-0.15, -0.1) is 0 Å². The number of aromatic nitrogens is 4. The SMILES string of the molecule is COCCOC1CCC(Nc2ncnc3[nH]ncc23)CC1I. The molecular weight excluding hydrogens is 397 g/mol. The summed E-state index contributed by atoms with van der Waals surface area (Å²) in [5, 5.41) is 11.4. The number of halogens is 1. The Morgan fingerprint density at radius 1 is 1.36 bits per heavy atom. The van der Waals surface area contributed by atoms with Crippen LogP contribution in [0.5, 0.6) is 0 Å². The van der Waals surface area contributed by atoms with Crippen LogP contribution in [-0.4, -0.2) is 56.6 Å². The van der Waals surface area contributed by atoms with Crippen molar-refractivity contribution in [1.29, 1.82) is 0 Å². The predicted octanol–water partition coefficient (Wildman–Crippen LogP) is 2.15. The van der Waals surface area contributed by atoms with E-state index in [4.69, 9.17) is 9.47 Å². The van der Waals surface area contributed by atoms with Gasteiger partial charge in [0.2, 0.25) is 0 Å². The third-order valence-electron chi connectivity index (χ3n) is 3.92. The number of nitrogens with zero attached hydrogens (tertiary/aromatic N) is 3. The topological polar surface area (TPSA) is 85.0 Å². The van der Waals surface area contributed by atoms with Crippen molar-refractivity contribution in [3.8, 4) is 0 Å². The van der Waals surface area contributed by atoms with Gasteiger partial charge >= 0.3 is 0 Å². The van der Waals surface area contributed by atoms with E-state index in [9.17, 15) is 0 Å². The van der Waals surface area contributed by atoms with Crippen molar-refractivity contribution in [2.24, 2.45) is 0 Å². The van der Waals surface area contributed by atoms with E-state index in [1.807, 2.05) is 0 Å². The van der Waals surface area contributed by atoms with E-state index in [2.05, 4.69) is 48.1 Å². The van der Waals surface area contributed by atoms with Gasteiger partial charge in [-0.25, -0.2) is 9.97 Å². The van der Waals surface area contributed by atoms with Crippen LogP contribution in [0.25, 0.3) is 11.0 Å². The summed E-state index contributed by atoms with van der Waals surface area (Å²) in [7, 11) is 1.70. The Bertz CT molecular complexity index is 608. The first-order valence-corrected chi connectivity index (χ1v) is 8.67. The molecule has 1 fully saturated rings. The number of alkyl halides is 1. The van der Waals surface area contributed by atoms with Crippen LogP contribution < -0.4 is 5.32 Å². The van der Waals surface area contributed by atoms with E-state index < -0.39 is 0 Å². The number of rotatable bonds is 6. The van der Waals surface area contributed by atoms with Crippen molar-refractivity contribution in [3.63, 3.8) is 0 Å². The van der Waals surface area contributed by atoms with Crippen LogP contribution >= 0.6 is 22.6 Å². The van der Waals surface area contributed by atoms with E-state index in [0.717, 1.165) is 36.1 Å². The van der Waals surface area contributed by atoms with Gasteiger partial charge in [-0.05, 0) is 19.3 Å². The van der Waals surface area contributed by atoms with Crippen LogP contribution in [-0.2, 0) is 9.47 Å². The molecule has 1 saturated carbocycles. The van der Waals surface area contributed by atoms with Crippen LogP contribution in [0.1, 0.15) is 19.3 Å². The molecule has 2 aromatic rings. The average Bonchev–Trinajstić information content (AvgIpc) is 2.99. The van der Waals surface area contributed by atoms with Crippen molar-refractivity contribution in [2.75, 3.05) is 25.6 Å². The number of hydrogen-bond donors (Lipinski definition) is 2. The lowest BCUT2D eigenvalue weighted by Gasteiger charge is -2.33. The number of nitrogens with one attached hydrogen (secondary N) is 2. The molecule has 3 atom stereocenters. The van der Waals surface area contributed by atoms with E-state index in [1.165, 1.54) is 0 Å². The molecule has 3 unspecified atom stereocenters. The largest absolute Gasteiger partial charge is 0.382 e. The minimum absolute atomic E-state index is 0.313. The summed E-state index contributed by atoms with van der Waals surface area (Å²) >= 11 is 2.49. The van der Waals surface area contributed by atoms with Gasteiger partial charge in [0.1, 0.15) is 12.1 Å². The minimum Gasteiger partial charge on any atom is -0.382 e. The van der Waals surface area contributed by atoms with Crippen molar-refractivity contribution < 1.29 is 9.47 Å². The molecule has 0 bridgehead atoms. The summed E-state index contributed by atoms with van der Waals surface area (Å²) in [5.74, 6) is 0.853. The molecule has 0 saturated heterocycles. The van der Waals surface area contributed by atoms with Crippen LogP contribution in [0, 0.1) is 0 Å². The second kappa shape index (κ2) is 7.51. The normalized spacial score (nSPS) is 25.5. The number of methoxy groups -OCH3 is 1. The van der Waals surface area contributed by atoms with Crippen LogP contribution in [0.3, 0.4) is 0 Å². The van der Waals surface area contributed by atoms with Crippen LogP contribution in [0.15, 0.2) is 12.5 Å². The molecule has 3 rings (SSSR count). The zero-order valence-electron chi connectivity index (χ0n) is 12.5. The highest BCUT2D eigenvalue weighted by molar-refractivity contribution is 14.1. The van der Waals surface area contributed by atoms with Gasteiger partial charge in [-0.1, -0.05) is 22.6 Å². The third kappa shape index (κ3) is 3.66. The maximum atomic E-state index is 5.89. The van der Waals surface area contributed by atoms with E-state index in [0.29, 0.717) is 29.3 Å². The zero-order valence-corrected chi connectivity index (χ0v) is 14.6. The molecule has 1 aliphatic carbocycles. The number of H-pyrrole nitrogens is 1. The second-order valence-electron chi connectivity index (χ2n) is 5.43. The smallest absolute Gasteiger partial charge is 0.160 e. The Morgan fingerprint density at radius 3 is 3.09 bits per heavy atom. The molecule has 2 heterocycles. The van der Waals surface area contributed by atoms with Gasteiger partial charge in [0.25, 0.3) is 0 Å². The van der Waals surface area contributed by atoms with Crippen molar-refractivity contribution in [1.82, 2.24) is 20.2 Å². The summed E-state index contributed by atoms with van der Waals surface area (Å²) < 4.78 is 11.4. The summed E-state index contributed by atoms with van der Waals surface area (Å²) in [6, 6.07) is 0.400. The highest BCUT2D eigenvalue weighted by Crippen LogP contribution is 2.30. The Labute approximate surface area is 142 Å². The lowest BCUT2D eigenvalue weighted by molar-refractivity contribution is 0.00454. The first kappa shape index (κ1) is 15.9. The lowest BCUT2D eigenvalue weighted by atomic mass is 9.93. The standard InChI is InChI=1S/C14H20IN5O2/c1-21-4-5-22-12-3-2-9(6-11(12)15)19-13-10-7-18-20-14(10)17-8-16-13/h7-9,11-12H,2-6H2,1H3,(H2,16,17,18,19,20). The molecule has 22 heavy (non-hydrogen) atoms. The fourth-order valence-electron chi connectivity index (χ4n) is 2.76. The molecule has 0 amide bonds. The molecule has 8 heteroatoms. The molecule has 2 aromatic heterocycles. The number of anilines is 1. The highest BCUT2D eigenvalue weighted by atomic mass is 127. The van der Waals surface area contributed by atoms with E-state index in [-0.39, 0.29) is 0 Å². The van der Waals surface area contributed by atoms with Gasteiger partial charge in [-0.2, -0.15) is 5.10 Å². The quantitative estimate of drug-likeness (QED) is 0.426. The Morgan fingerprint density at radius 2 is 2.27 bits per heavy atom. The molecule has 0 radical (unpaired) electrons. The molecule has 0 spiro atoms. The van der Waals surface area contributed by atoms with Gasteiger partial charge < -0.3 is 14.8 Å². The van der Waals surface area contributed by atoms with Crippen LogP contribution in [0.4, 0.5) is 5.82 Å². The summed E-state index contributed by atoms with van der Waals surface area (Å²) in [4.78, 5) is 8.51. The van der Waals surface area contributed by atoms with Crippen LogP contribution in [0.2, 0.25) is 0 Å². The summed E-state index contributed by atoms with van der Waals surface area (Å²) in [6.45, 7) is 1.32. The van der Waals surface area contributed by atoms with Crippen molar-refractivity contribution >= 4 is 39.4 Å². The molecule has 0 aromatic carbocycles. The lowest BCUT2D eigenvalue weighted by Crippen LogP contribution is -2.38. The van der Waals surface area contributed by atoms with Gasteiger partial charge in [-0.3, -0.25) is 5.10 Å². The van der Waals surface area contributed by atoms with Crippen molar-refractivity contribution in [3.05, 3.63) is 12.5 Å². The van der Waals surface area contributed by atoms with E-state index >= 15 is 0 Å². The van der Waals surface area contributed by atoms with E-state index in [1.54, 1.807) is 19.6 Å². The first-order valence-electron chi connectivity index (χ1n) is 7.43. The molecule has 120 valence electrons. The van der Waals surface area contributed by atoms with Crippen molar-refractivity contribution in [2.45, 2.75) is 35.3 Å². The van der Waals surface area contributed by atoms with Gasteiger partial charge in [0.05, 0.1) is 30.9 Å². The molecule has 1 aliphatic rings. The zero-order chi connectivity index (χ0) is 15.4. The number of hydrogen-bond acceptors (Lipinski definition) is 6. The Hall–Kier alpha value is -1.00. The fraction of sp³-hybridized carbons (Fsp3) is 0.643. The third-order valence-corrected chi connectivity index (χ3v) is 5.23. The number of aromatic amines is 1. The summed E-state index contributed by atoms with van der Waals surface area (Å²) in [6.07, 6.45) is 6.81. The van der Waals surface area contributed by atoms with Gasteiger partial charge in [0.15, 0.2) is 5.65 Å². The van der Waals surface area contributed by atoms with Gasteiger partial charge in [0, 0.05) is 17.1 Å². The molecule has 7 nitrogen and oxygen atoms in total. The molecular formula is C14H20IN5O2. The minimum atomic E-state index is 0.313. The maximum absolute atomic E-state index is 5.89. The Balaban J connectivity index is 1.58. The summed E-state index contributed by atoms with van der Waals surface area (Å²) in [5.41, 5.74) is 0.764. The first-order chi connectivity index (χ1) is 10.8. The predicted molar refractivity (Wildman–Crippen MR) is 92.4 cm³/mol. The Kier molecular flexibility index (Phi) is 5.42. The highest BCUT2D eigenvalue weighted by Gasteiger charge is 2.29.